The Hall–Kier alpha value is -2.86. The molecule has 0 atom stereocenters. The monoisotopic (exact) mass is 369 g/mol. The molecule has 1 aliphatic rings. The Balaban J connectivity index is 1.39. The molecule has 1 saturated heterocycles. The topological polar surface area (TPSA) is 51.9 Å². The van der Waals surface area contributed by atoms with Crippen molar-refractivity contribution in [2.24, 2.45) is 0 Å². The van der Waals surface area contributed by atoms with Crippen LogP contribution in [-0.4, -0.2) is 37.1 Å². The number of rotatable bonds is 5. The van der Waals surface area contributed by atoms with E-state index >= 15 is 0 Å². The summed E-state index contributed by atoms with van der Waals surface area (Å²) in [6.07, 6.45) is -0.0988. The van der Waals surface area contributed by atoms with Crippen LogP contribution < -0.4 is 4.74 Å². The Morgan fingerprint density at radius 2 is 2.04 bits per heavy atom. The molecule has 1 aromatic heterocycles. The average molecular weight is 369 g/mol. The van der Waals surface area contributed by atoms with Gasteiger partial charge < -0.3 is 18.8 Å². The summed E-state index contributed by atoms with van der Waals surface area (Å²) in [7, 11) is 1.59. The summed E-state index contributed by atoms with van der Waals surface area (Å²) in [6.45, 7) is 3.00. The van der Waals surface area contributed by atoms with Crippen molar-refractivity contribution in [3.63, 3.8) is 0 Å². The van der Waals surface area contributed by atoms with Crippen LogP contribution in [0.4, 0.5) is 4.39 Å². The van der Waals surface area contributed by atoms with Crippen LogP contribution >= 0.6 is 0 Å². The molecule has 5 nitrogen and oxygen atoms in total. The third-order valence-corrected chi connectivity index (χ3v) is 4.91. The van der Waals surface area contributed by atoms with Crippen molar-refractivity contribution < 1.29 is 23.1 Å². The van der Waals surface area contributed by atoms with E-state index in [1.165, 1.54) is 6.07 Å². The van der Waals surface area contributed by atoms with Gasteiger partial charge in [-0.05, 0) is 25.1 Å². The summed E-state index contributed by atoms with van der Waals surface area (Å²) >= 11 is 0. The first-order chi connectivity index (χ1) is 13.1. The number of carbonyl (C=O) groups excluding carboxylic acids is 1. The molecular weight excluding hydrogens is 349 g/mol. The maximum atomic E-state index is 13.6. The highest BCUT2D eigenvalue weighted by molar-refractivity contribution is 5.99. The van der Waals surface area contributed by atoms with Crippen LogP contribution in [-0.2, 0) is 11.3 Å². The minimum Gasteiger partial charge on any atom is -0.497 e. The zero-order chi connectivity index (χ0) is 19.0. The second-order valence-electron chi connectivity index (χ2n) is 6.65. The number of ether oxygens (including phenoxy) is 2. The largest absolute Gasteiger partial charge is 0.497 e. The zero-order valence-corrected chi connectivity index (χ0v) is 15.2. The number of amides is 1. The summed E-state index contributed by atoms with van der Waals surface area (Å²) in [4.78, 5) is 14.4. The number of methoxy groups -OCH3 is 1. The molecule has 0 radical (unpaired) electrons. The van der Waals surface area contributed by atoms with Gasteiger partial charge >= 0.3 is 0 Å². The molecule has 6 heteroatoms. The van der Waals surface area contributed by atoms with Gasteiger partial charge in [0, 0.05) is 35.7 Å². The Bertz CT molecular complexity index is 991. The summed E-state index contributed by atoms with van der Waals surface area (Å²) in [5.74, 6) is 0.582. The lowest BCUT2D eigenvalue weighted by Gasteiger charge is -2.38. The Morgan fingerprint density at radius 1 is 1.26 bits per heavy atom. The first-order valence-corrected chi connectivity index (χ1v) is 8.78. The highest BCUT2D eigenvalue weighted by atomic mass is 19.1. The Labute approximate surface area is 156 Å². The van der Waals surface area contributed by atoms with Crippen LogP contribution in [0.2, 0.25) is 0 Å². The number of likely N-dealkylation sites (tertiary alicyclic amines) is 1. The van der Waals surface area contributed by atoms with Crippen molar-refractivity contribution in [2.75, 3.05) is 20.2 Å². The van der Waals surface area contributed by atoms with Crippen molar-refractivity contribution in [1.82, 2.24) is 4.90 Å². The van der Waals surface area contributed by atoms with E-state index in [1.807, 2.05) is 19.1 Å². The van der Waals surface area contributed by atoms with E-state index < -0.39 is 0 Å². The van der Waals surface area contributed by atoms with Gasteiger partial charge in [0.05, 0.1) is 19.8 Å². The maximum absolute atomic E-state index is 13.6. The second-order valence-corrected chi connectivity index (χ2v) is 6.65. The van der Waals surface area contributed by atoms with Crippen molar-refractivity contribution in [3.8, 4) is 5.75 Å². The lowest BCUT2D eigenvalue weighted by Crippen LogP contribution is -2.54. The van der Waals surface area contributed by atoms with Crippen molar-refractivity contribution >= 4 is 16.9 Å². The van der Waals surface area contributed by atoms with Crippen LogP contribution in [0.1, 0.15) is 21.7 Å². The zero-order valence-electron chi connectivity index (χ0n) is 15.2. The summed E-state index contributed by atoms with van der Waals surface area (Å²) in [6, 6.07) is 12.0. The molecule has 2 aromatic carbocycles. The van der Waals surface area contributed by atoms with E-state index in [2.05, 4.69) is 0 Å². The molecule has 2 heterocycles. The number of halogens is 1. The molecule has 1 fully saturated rings. The van der Waals surface area contributed by atoms with E-state index in [4.69, 9.17) is 13.9 Å². The van der Waals surface area contributed by atoms with E-state index in [-0.39, 0.29) is 24.4 Å². The number of carbonyl (C=O) groups is 1. The third-order valence-electron chi connectivity index (χ3n) is 4.91. The van der Waals surface area contributed by atoms with Gasteiger partial charge in [-0.15, -0.1) is 0 Å². The van der Waals surface area contributed by atoms with E-state index in [0.717, 1.165) is 10.9 Å². The quantitative estimate of drug-likeness (QED) is 0.684. The maximum Gasteiger partial charge on any atom is 0.290 e. The predicted octanol–water partition coefficient (Wildman–Crippen LogP) is 3.93. The normalized spacial score (nSPS) is 14.4. The lowest BCUT2D eigenvalue weighted by molar-refractivity contribution is -0.0518. The van der Waals surface area contributed by atoms with Gasteiger partial charge in [0.2, 0.25) is 0 Å². The molecule has 0 N–H and O–H groups in total. The van der Waals surface area contributed by atoms with Crippen LogP contribution in [0.15, 0.2) is 46.9 Å². The van der Waals surface area contributed by atoms with Gasteiger partial charge in [-0.25, -0.2) is 4.39 Å². The molecule has 3 aromatic rings. The van der Waals surface area contributed by atoms with Gasteiger partial charge in [0.1, 0.15) is 17.1 Å². The van der Waals surface area contributed by atoms with E-state index in [0.29, 0.717) is 35.7 Å². The molecule has 0 saturated carbocycles. The predicted molar refractivity (Wildman–Crippen MR) is 98.4 cm³/mol. The minimum atomic E-state index is -0.280. The molecule has 0 aliphatic carbocycles. The number of nitrogens with zero attached hydrogens (tertiary/aromatic N) is 1. The van der Waals surface area contributed by atoms with Gasteiger partial charge in [-0.2, -0.15) is 0 Å². The lowest BCUT2D eigenvalue weighted by atomic mass is 10.1. The molecular formula is C21H20FNO4. The Kier molecular flexibility index (Phi) is 4.58. The van der Waals surface area contributed by atoms with Crippen LogP contribution in [0, 0.1) is 12.7 Å². The standard InChI is InChI=1S/C21H20FNO4/c1-13-17-8-7-15(25-2)9-19(17)27-20(13)21(24)23-10-16(11-23)26-12-14-5-3-4-6-18(14)22/h3-9,16H,10-12H2,1-2H3. The Morgan fingerprint density at radius 3 is 2.78 bits per heavy atom. The molecule has 0 bridgehead atoms. The van der Waals surface area contributed by atoms with Crippen molar-refractivity contribution in [1.29, 1.82) is 0 Å². The average Bonchev–Trinajstić information content (AvgIpc) is 2.97. The minimum absolute atomic E-state index is 0.0988. The number of benzene rings is 2. The van der Waals surface area contributed by atoms with Crippen LogP contribution in [0.25, 0.3) is 11.0 Å². The molecule has 0 spiro atoms. The summed E-state index contributed by atoms with van der Waals surface area (Å²) in [5.41, 5.74) is 1.96. The smallest absolute Gasteiger partial charge is 0.290 e. The second kappa shape index (κ2) is 7.04. The number of fused-ring (bicyclic) bond motifs is 1. The molecule has 140 valence electrons. The first-order valence-electron chi connectivity index (χ1n) is 8.78. The molecule has 4 rings (SSSR count). The van der Waals surface area contributed by atoms with Gasteiger partial charge in [-0.1, -0.05) is 18.2 Å². The number of furan rings is 1. The number of hydrogen-bond donors (Lipinski definition) is 0. The molecule has 1 amide bonds. The molecule has 1 aliphatic heterocycles. The van der Waals surface area contributed by atoms with Crippen LogP contribution in [0.5, 0.6) is 5.75 Å². The fourth-order valence-corrected chi connectivity index (χ4v) is 3.21. The molecule has 0 unspecified atom stereocenters. The van der Waals surface area contributed by atoms with Gasteiger partial charge in [0.25, 0.3) is 5.91 Å². The number of hydrogen-bond acceptors (Lipinski definition) is 4. The van der Waals surface area contributed by atoms with E-state index in [1.54, 1.807) is 36.3 Å². The fourth-order valence-electron chi connectivity index (χ4n) is 3.21. The summed E-state index contributed by atoms with van der Waals surface area (Å²) in [5, 5.41) is 0.895. The third kappa shape index (κ3) is 3.28. The van der Waals surface area contributed by atoms with Crippen molar-refractivity contribution in [2.45, 2.75) is 19.6 Å². The first kappa shape index (κ1) is 17.5. The van der Waals surface area contributed by atoms with Gasteiger partial charge in [0.15, 0.2) is 5.76 Å². The van der Waals surface area contributed by atoms with E-state index in [9.17, 15) is 9.18 Å². The SMILES string of the molecule is COc1ccc2c(C)c(C(=O)N3CC(OCc4ccccc4F)C3)oc2c1. The highest BCUT2D eigenvalue weighted by Gasteiger charge is 2.34. The summed E-state index contributed by atoms with van der Waals surface area (Å²) < 4.78 is 30.3. The fraction of sp³-hybridized carbons (Fsp3) is 0.286. The van der Waals surface area contributed by atoms with Crippen LogP contribution in [0.3, 0.4) is 0 Å². The highest BCUT2D eigenvalue weighted by Crippen LogP contribution is 2.30. The number of aryl methyl sites for hydroxylation is 1. The van der Waals surface area contributed by atoms with Gasteiger partial charge in [-0.3, -0.25) is 4.79 Å². The molecule has 27 heavy (non-hydrogen) atoms. The van der Waals surface area contributed by atoms with Crippen molar-refractivity contribution in [3.05, 3.63) is 65.2 Å².